The maximum absolute atomic E-state index is 12.5. The molecule has 140 valence electrons. The SMILES string of the molecule is C[C@@H](CCc1ccccc1)NC(=O)CN(C)S(=O)(=O)c1ccc(Cl)cc1. The first kappa shape index (κ1) is 20.4. The largest absolute Gasteiger partial charge is 0.352 e. The van der Waals surface area contributed by atoms with Crippen molar-refractivity contribution in [2.45, 2.75) is 30.7 Å². The summed E-state index contributed by atoms with van der Waals surface area (Å²) in [6.45, 7) is 1.68. The predicted octanol–water partition coefficient (Wildman–Crippen LogP) is 3.10. The average molecular weight is 395 g/mol. The molecule has 2 aromatic rings. The molecule has 0 bridgehead atoms. The Bertz CT molecular complexity index is 824. The van der Waals surface area contributed by atoms with Crippen LogP contribution in [-0.2, 0) is 21.2 Å². The number of nitrogens with zero attached hydrogens (tertiary/aromatic N) is 1. The number of benzene rings is 2. The van der Waals surface area contributed by atoms with Crippen LogP contribution >= 0.6 is 11.6 Å². The molecule has 0 aromatic heterocycles. The molecule has 1 amide bonds. The van der Waals surface area contributed by atoms with Gasteiger partial charge in [-0.15, -0.1) is 0 Å². The quantitative estimate of drug-likeness (QED) is 0.748. The molecule has 0 radical (unpaired) electrons. The van der Waals surface area contributed by atoms with Crippen LogP contribution in [0.15, 0.2) is 59.5 Å². The van der Waals surface area contributed by atoms with Crippen LogP contribution in [0.1, 0.15) is 18.9 Å². The van der Waals surface area contributed by atoms with Gasteiger partial charge in [-0.25, -0.2) is 8.42 Å². The first-order valence-corrected chi connectivity index (χ1v) is 10.2. The molecule has 0 spiro atoms. The van der Waals surface area contributed by atoms with E-state index < -0.39 is 10.0 Å². The van der Waals surface area contributed by atoms with Crippen molar-refractivity contribution in [3.05, 3.63) is 65.2 Å². The first-order chi connectivity index (χ1) is 12.3. The van der Waals surface area contributed by atoms with E-state index in [9.17, 15) is 13.2 Å². The Morgan fingerprint density at radius 1 is 1.12 bits per heavy atom. The zero-order valence-electron chi connectivity index (χ0n) is 14.9. The second-order valence-electron chi connectivity index (χ2n) is 6.21. The summed E-state index contributed by atoms with van der Waals surface area (Å²) in [4.78, 5) is 12.3. The Morgan fingerprint density at radius 3 is 2.35 bits per heavy atom. The smallest absolute Gasteiger partial charge is 0.243 e. The Labute approximate surface area is 160 Å². The molecular formula is C19H23ClN2O3S. The number of hydrogen-bond acceptors (Lipinski definition) is 3. The van der Waals surface area contributed by atoms with Gasteiger partial charge in [-0.1, -0.05) is 41.9 Å². The first-order valence-electron chi connectivity index (χ1n) is 8.34. The van der Waals surface area contributed by atoms with Crippen LogP contribution < -0.4 is 5.32 Å². The number of rotatable bonds is 8. The summed E-state index contributed by atoms with van der Waals surface area (Å²) in [5, 5.41) is 3.30. The predicted molar refractivity (Wildman–Crippen MR) is 104 cm³/mol. The molecule has 1 N–H and O–H groups in total. The van der Waals surface area contributed by atoms with Crippen molar-refractivity contribution in [1.82, 2.24) is 9.62 Å². The van der Waals surface area contributed by atoms with Gasteiger partial charge in [0.15, 0.2) is 0 Å². The van der Waals surface area contributed by atoms with Gasteiger partial charge < -0.3 is 5.32 Å². The van der Waals surface area contributed by atoms with Crippen LogP contribution in [0.5, 0.6) is 0 Å². The van der Waals surface area contributed by atoms with Gasteiger partial charge in [0.2, 0.25) is 15.9 Å². The number of halogens is 1. The van der Waals surface area contributed by atoms with Gasteiger partial charge in [-0.05, 0) is 49.6 Å². The number of amides is 1. The lowest BCUT2D eigenvalue weighted by atomic mass is 10.1. The Morgan fingerprint density at radius 2 is 1.73 bits per heavy atom. The summed E-state index contributed by atoms with van der Waals surface area (Å²) in [6, 6.07) is 15.8. The lowest BCUT2D eigenvalue weighted by molar-refractivity contribution is -0.121. The molecule has 2 rings (SSSR count). The minimum absolute atomic E-state index is 0.0469. The van der Waals surface area contributed by atoms with Gasteiger partial charge in [0.1, 0.15) is 0 Å². The number of sulfonamides is 1. The van der Waals surface area contributed by atoms with Crippen molar-refractivity contribution in [2.24, 2.45) is 0 Å². The van der Waals surface area contributed by atoms with E-state index in [0.29, 0.717) is 5.02 Å². The molecule has 0 fully saturated rings. The van der Waals surface area contributed by atoms with Crippen LogP contribution in [-0.4, -0.2) is 38.3 Å². The molecule has 0 heterocycles. The molecule has 26 heavy (non-hydrogen) atoms. The van der Waals surface area contributed by atoms with Crippen molar-refractivity contribution in [2.75, 3.05) is 13.6 Å². The monoisotopic (exact) mass is 394 g/mol. The highest BCUT2D eigenvalue weighted by Gasteiger charge is 2.23. The van der Waals surface area contributed by atoms with E-state index in [1.165, 1.54) is 36.9 Å². The molecule has 0 aliphatic heterocycles. The van der Waals surface area contributed by atoms with Crippen molar-refractivity contribution >= 4 is 27.5 Å². The van der Waals surface area contributed by atoms with Crippen molar-refractivity contribution in [3.8, 4) is 0 Å². The maximum Gasteiger partial charge on any atom is 0.243 e. The van der Waals surface area contributed by atoms with Gasteiger partial charge in [0.25, 0.3) is 0 Å². The Balaban J connectivity index is 1.86. The third-order valence-electron chi connectivity index (χ3n) is 4.00. The molecule has 0 aliphatic rings. The fourth-order valence-corrected chi connectivity index (χ4v) is 3.75. The lowest BCUT2D eigenvalue weighted by Crippen LogP contribution is -2.41. The Kier molecular flexibility index (Phi) is 7.20. The summed E-state index contributed by atoms with van der Waals surface area (Å²) >= 11 is 5.78. The van der Waals surface area contributed by atoms with Gasteiger partial charge in [0.05, 0.1) is 11.4 Å². The molecule has 5 nitrogen and oxygen atoms in total. The van der Waals surface area contributed by atoms with Gasteiger partial charge in [-0.2, -0.15) is 4.31 Å². The van der Waals surface area contributed by atoms with Gasteiger partial charge in [0, 0.05) is 18.1 Å². The van der Waals surface area contributed by atoms with Crippen LogP contribution in [0.25, 0.3) is 0 Å². The van der Waals surface area contributed by atoms with E-state index in [1.807, 2.05) is 37.3 Å². The van der Waals surface area contributed by atoms with E-state index in [2.05, 4.69) is 5.32 Å². The summed E-state index contributed by atoms with van der Waals surface area (Å²) in [5.41, 5.74) is 1.20. The summed E-state index contributed by atoms with van der Waals surface area (Å²) in [7, 11) is -2.34. The number of hydrogen-bond donors (Lipinski definition) is 1. The summed E-state index contributed by atoms with van der Waals surface area (Å²) in [5.74, 6) is -0.328. The normalized spacial score (nSPS) is 12.8. The van der Waals surface area contributed by atoms with Crippen LogP contribution in [0, 0.1) is 0 Å². The van der Waals surface area contributed by atoms with E-state index in [4.69, 9.17) is 11.6 Å². The number of likely N-dealkylation sites (N-methyl/N-ethyl adjacent to an activating group) is 1. The topological polar surface area (TPSA) is 66.5 Å². The fraction of sp³-hybridized carbons (Fsp3) is 0.316. The number of nitrogens with one attached hydrogen (secondary N) is 1. The van der Waals surface area contributed by atoms with E-state index >= 15 is 0 Å². The second kappa shape index (κ2) is 9.16. The number of carbonyl (C=O) groups excluding carboxylic acids is 1. The van der Waals surface area contributed by atoms with Crippen LogP contribution in [0.4, 0.5) is 0 Å². The van der Waals surface area contributed by atoms with Gasteiger partial charge in [-0.3, -0.25) is 4.79 Å². The Hall–Kier alpha value is -1.89. The van der Waals surface area contributed by atoms with Crippen molar-refractivity contribution in [3.63, 3.8) is 0 Å². The molecule has 2 aromatic carbocycles. The lowest BCUT2D eigenvalue weighted by Gasteiger charge is -2.19. The number of carbonyl (C=O) groups is 1. The zero-order valence-corrected chi connectivity index (χ0v) is 16.4. The molecule has 0 unspecified atom stereocenters. The number of aryl methyl sites for hydroxylation is 1. The second-order valence-corrected chi connectivity index (χ2v) is 8.69. The molecular weight excluding hydrogens is 372 g/mol. The van der Waals surface area contributed by atoms with Crippen LogP contribution in [0.3, 0.4) is 0 Å². The zero-order chi connectivity index (χ0) is 19.2. The summed E-state index contributed by atoms with van der Waals surface area (Å²) < 4.78 is 26.0. The van der Waals surface area contributed by atoms with Gasteiger partial charge >= 0.3 is 0 Å². The highest BCUT2D eigenvalue weighted by molar-refractivity contribution is 7.89. The molecule has 7 heteroatoms. The maximum atomic E-state index is 12.5. The minimum Gasteiger partial charge on any atom is -0.352 e. The molecule has 0 saturated heterocycles. The van der Waals surface area contributed by atoms with Crippen molar-refractivity contribution < 1.29 is 13.2 Å². The molecule has 0 aliphatic carbocycles. The summed E-state index contributed by atoms with van der Waals surface area (Å²) in [6.07, 6.45) is 1.63. The van der Waals surface area contributed by atoms with Crippen molar-refractivity contribution in [1.29, 1.82) is 0 Å². The van der Waals surface area contributed by atoms with Crippen LogP contribution in [0.2, 0.25) is 5.02 Å². The standard InChI is InChI=1S/C19H23ClN2O3S/c1-15(8-9-16-6-4-3-5-7-16)21-19(23)14-22(2)26(24,25)18-12-10-17(20)11-13-18/h3-7,10-13,15H,8-9,14H2,1-2H3,(H,21,23)/t15-/m0/s1. The third-order valence-corrected chi connectivity index (χ3v) is 6.07. The fourth-order valence-electron chi connectivity index (χ4n) is 2.49. The van der Waals surface area contributed by atoms with E-state index in [-0.39, 0.29) is 23.4 Å². The molecule has 0 saturated carbocycles. The average Bonchev–Trinajstić information content (AvgIpc) is 2.61. The minimum atomic E-state index is -3.73. The molecule has 1 atom stereocenters. The third kappa shape index (κ3) is 5.83. The highest BCUT2D eigenvalue weighted by Crippen LogP contribution is 2.17. The highest BCUT2D eigenvalue weighted by atomic mass is 35.5. The van der Waals surface area contributed by atoms with E-state index in [1.54, 1.807) is 0 Å². The van der Waals surface area contributed by atoms with E-state index in [0.717, 1.165) is 17.1 Å².